The fraction of sp³-hybridized carbons (Fsp3) is 0.909. The van der Waals surface area contributed by atoms with E-state index in [1.165, 1.54) is 0 Å². The van der Waals surface area contributed by atoms with Crippen LogP contribution in [0.25, 0.3) is 0 Å². The molecule has 1 rings (SSSR count). The molecule has 0 bridgehead atoms. The molecule has 4 nitrogen and oxygen atoms in total. The van der Waals surface area contributed by atoms with Crippen molar-refractivity contribution in [2.24, 2.45) is 11.7 Å². The van der Waals surface area contributed by atoms with E-state index in [1.807, 2.05) is 0 Å². The Labute approximate surface area is 104 Å². The molecule has 4 N–H and O–H groups in total. The quantitative estimate of drug-likeness (QED) is 0.713. The molecule has 1 fully saturated rings. The average molecular weight is 268 g/mol. The largest absolute Gasteiger partial charge is 0.415 e. The van der Waals surface area contributed by atoms with Crippen LogP contribution in [0.1, 0.15) is 32.6 Å². The van der Waals surface area contributed by atoms with Crippen molar-refractivity contribution in [3.63, 3.8) is 0 Å². The number of carbonyl (C=O) groups excluding carboxylic acids is 1. The van der Waals surface area contributed by atoms with Gasteiger partial charge in [-0.25, -0.2) is 0 Å². The van der Waals surface area contributed by atoms with Crippen LogP contribution in [0.5, 0.6) is 0 Å². The van der Waals surface area contributed by atoms with Gasteiger partial charge >= 0.3 is 6.18 Å². The maximum Gasteiger partial charge on any atom is 0.415 e. The third-order valence-corrected chi connectivity index (χ3v) is 3.44. The fourth-order valence-electron chi connectivity index (χ4n) is 2.05. The Morgan fingerprint density at radius 3 is 2.56 bits per heavy atom. The second-order valence-electron chi connectivity index (χ2n) is 5.09. The van der Waals surface area contributed by atoms with Crippen molar-refractivity contribution in [3.05, 3.63) is 0 Å². The van der Waals surface area contributed by atoms with Gasteiger partial charge in [-0.1, -0.05) is 6.42 Å². The molecular weight excluding hydrogens is 249 g/mol. The summed E-state index contributed by atoms with van der Waals surface area (Å²) in [5.41, 5.74) is 2.16. The number of hydrogen-bond donors (Lipinski definition) is 3. The minimum absolute atomic E-state index is 0.00840. The molecule has 3 atom stereocenters. The van der Waals surface area contributed by atoms with Crippen LogP contribution in [-0.4, -0.2) is 35.4 Å². The van der Waals surface area contributed by atoms with Gasteiger partial charge in [0.15, 0.2) is 5.54 Å². The van der Waals surface area contributed by atoms with Crippen LogP contribution in [0.3, 0.4) is 0 Å². The van der Waals surface area contributed by atoms with Gasteiger partial charge < -0.3 is 16.2 Å². The molecule has 1 aliphatic carbocycles. The molecule has 0 aromatic heterocycles. The van der Waals surface area contributed by atoms with Gasteiger partial charge in [-0.2, -0.15) is 13.2 Å². The van der Waals surface area contributed by atoms with E-state index in [9.17, 15) is 18.0 Å². The van der Waals surface area contributed by atoms with E-state index in [-0.39, 0.29) is 18.6 Å². The van der Waals surface area contributed by atoms with Crippen LogP contribution < -0.4 is 11.1 Å². The lowest BCUT2D eigenvalue weighted by atomic mass is 9.86. The lowest BCUT2D eigenvalue weighted by Gasteiger charge is -2.32. The van der Waals surface area contributed by atoms with E-state index in [0.29, 0.717) is 19.8 Å². The summed E-state index contributed by atoms with van der Waals surface area (Å²) in [6.07, 6.45) is -2.04. The summed E-state index contributed by atoms with van der Waals surface area (Å²) in [5, 5.41) is 11.3. The molecule has 3 unspecified atom stereocenters. The van der Waals surface area contributed by atoms with E-state index in [2.05, 4.69) is 5.32 Å². The number of hydrogen-bond acceptors (Lipinski definition) is 3. The van der Waals surface area contributed by atoms with Crippen LogP contribution >= 0.6 is 0 Å². The lowest BCUT2D eigenvalue weighted by Crippen LogP contribution is -2.63. The number of nitrogens with one attached hydrogen (secondary N) is 1. The van der Waals surface area contributed by atoms with Crippen LogP contribution in [-0.2, 0) is 4.79 Å². The van der Waals surface area contributed by atoms with E-state index >= 15 is 0 Å². The zero-order valence-electron chi connectivity index (χ0n) is 10.3. The fourth-order valence-corrected chi connectivity index (χ4v) is 2.05. The minimum Gasteiger partial charge on any atom is -0.396 e. The number of alkyl halides is 3. The van der Waals surface area contributed by atoms with Crippen molar-refractivity contribution in [1.29, 1.82) is 0 Å². The molecule has 0 heterocycles. The number of aliphatic hydroxyl groups excluding tert-OH is 1. The van der Waals surface area contributed by atoms with Gasteiger partial charge in [0, 0.05) is 12.6 Å². The first-order chi connectivity index (χ1) is 8.18. The first-order valence-electron chi connectivity index (χ1n) is 5.96. The highest BCUT2D eigenvalue weighted by Gasteiger charge is 2.54. The Kier molecular flexibility index (Phi) is 4.61. The van der Waals surface area contributed by atoms with Gasteiger partial charge in [-0.15, -0.1) is 0 Å². The first kappa shape index (κ1) is 15.2. The maximum atomic E-state index is 12.6. The molecule has 18 heavy (non-hydrogen) atoms. The molecular formula is C11H19F3N2O2. The Hall–Kier alpha value is -0.820. The van der Waals surface area contributed by atoms with Crippen molar-refractivity contribution in [2.75, 3.05) is 6.61 Å². The summed E-state index contributed by atoms with van der Waals surface area (Å²) in [7, 11) is 0. The zero-order valence-corrected chi connectivity index (χ0v) is 10.3. The summed E-state index contributed by atoms with van der Waals surface area (Å²) in [5.74, 6) is -1.17. The van der Waals surface area contributed by atoms with Gasteiger partial charge in [0.2, 0.25) is 5.91 Å². The maximum absolute atomic E-state index is 12.6. The summed E-state index contributed by atoms with van der Waals surface area (Å²) >= 11 is 0. The predicted octanol–water partition coefficient (Wildman–Crippen LogP) is 0.933. The molecule has 106 valence electrons. The predicted molar refractivity (Wildman–Crippen MR) is 59.6 cm³/mol. The average Bonchev–Trinajstić information content (AvgIpc) is 2.27. The van der Waals surface area contributed by atoms with Gasteiger partial charge in [-0.3, -0.25) is 4.79 Å². The molecule has 0 saturated heterocycles. The van der Waals surface area contributed by atoms with Crippen molar-refractivity contribution < 1.29 is 23.1 Å². The van der Waals surface area contributed by atoms with Gasteiger partial charge in [0.05, 0.1) is 0 Å². The molecule has 0 aromatic carbocycles. The molecule has 1 saturated carbocycles. The Morgan fingerprint density at radius 2 is 2.06 bits per heavy atom. The first-order valence-corrected chi connectivity index (χ1v) is 5.96. The SMILES string of the molecule is CC(N)(C(=O)NC1CCCC(CO)C1)C(F)(F)F. The number of nitrogens with two attached hydrogens (primary N) is 1. The van der Waals surface area contributed by atoms with Gasteiger partial charge in [-0.05, 0) is 32.1 Å². The van der Waals surface area contributed by atoms with Crippen LogP contribution in [0.4, 0.5) is 13.2 Å². The topological polar surface area (TPSA) is 75.4 Å². The normalized spacial score (nSPS) is 28.6. The van der Waals surface area contributed by atoms with Gasteiger partial charge in [0.25, 0.3) is 0 Å². The van der Waals surface area contributed by atoms with Crippen molar-refractivity contribution in [3.8, 4) is 0 Å². The summed E-state index contributed by atoms with van der Waals surface area (Å²) in [4.78, 5) is 11.6. The van der Waals surface area contributed by atoms with E-state index in [0.717, 1.165) is 12.8 Å². The van der Waals surface area contributed by atoms with Crippen molar-refractivity contribution >= 4 is 5.91 Å². The highest BCUT2D eigenvalue weighted by molar-refractivity contribution is 5.86. The number of aliphatic hydroxyl groups is 1. The molecule has 1 amide bonds. The third kappa shape index (κ3) is 3.35. The second-order valence-corrected chi connectivity index (χ2v) is 5.09. The summed E-state index contributed by atoms with van der Waals surface area (Å²) in [6.45, 7) is 0.653. The molecule has 0 aliphatic heterocycles. The number of amides is 1. The Balaban J connectivity index is 2.59. The second kappa shape index (κ2) is 5.44. The zero-order chi connectivity index (χ0) is 14.0. The van der Waals surface area contributed by atoms with Crippen molar-refractivity contribution in [2.45, 2.75) is 50.4 Å². The standard InChI is InChI=1S/C11H19F3N2O2/c1-10(15,11(12,13)14)9(18)16-8-4-2-3-7(5-8)6-17/h7-8,17H,2-6,15H2,1H3,(H,16,18). The van der Waals surface area contributed by atoms with Crippen LogP contribution in [0.15, 0.2) is 0 Å². The number of rotatable bonds is 3. The Bertz CT molecular complexity index is 305. The smallest absolute Gasteiger partial charge is 0.396 e. The summed E-state index contributed by atoms with van der Waals surface area (Å²) in [6, 6.07) is -0.339. The van der Waals surface area contributed by atoms with E-state index < -0.39 is 17.6 Å². The number of halogens is 3. The van der Waals surface area contributed by atoms with Crippen molar-refractivity contribution in [1.82, 2.24) is 5.32 Å². The molecule has 1 aliphatic rings. The van der Waals surface area contributed by atoms with Gasteiger partial charge in [0.1, 0.15) is 0 Å². The molecule has 0 aromatic rings. The molecule has 0 spiro atoms. The third-order valence-electron chi connectivity index (χ3n) is 3.44. The summed E-state index contributed by atoms with van der Waals surface area (Å²) < 4.78 is 37.7. The van der Waals surface area contributed by atoms with E-state index in [4.69, 9.17) is 10.8 Å². The lowest BCUT2D eigenvalue weighted by molar-refractivity contribution is -0.187. The Morgan fingerprint density at radius 1 is 1.44 bits per heavy atom. The molecule has 7 heteroatoms. The highest BCUT2D eigenvalue weighted by atomic mass is 19.4. The monoisotopic (exact) mass is 268 g/mol. The minimum atomic E-state index is -4.78. The molecule has 0 radical (unpaired) electrons. The van der Waals surface area contributed by atoms with Crippen LogP contribution in [0, 0.1) is 5.92 Å². The van der Waals surface area contributed by atoms with E-state index in [1.54, 1.807) is 0 Å². The number of carbonyl (C=O) groups is 1. The van der Waals surface area contributed by atoms with Crippen LogP contribution in [0.2, 0.25) is 0 Å². The highest BCUT2D eigenvalue weighted by Crippen LogP contribution is 2.29.